The summed E-state index contributed by atoms with van der Waals surface area (Å²) < 4.78 is 4.91. The zero-order chi connectivity index (χ0) is 11.4. The van der Waals surface area contributed by atoms with E-state index in [-0.39, 0.29) is 11.9 Å². The maximum atomic E-state index is 11.7. The van der Waals surface area contributed by atoms with Crippen LogP contribution in [-0.4, -0.2) is 28.6 Å². The lowest BCUT2D eigenvalue weighted by Gasteiger charge is -2.22. The molecule has 1 fully saturated rings. The molecule has 0 saturated carbocycles. The third-order valence-corrected chi connectivity index (χ3v) is 2.61. The van der Waals surface area contributed by atoms with Crippen molar-refractivity contribution in [2.24, 2.45) is 0 Å². The SMILES string of the molecule is Cc1noc(CNC(=O)C2CCCCN2)n1. The number of aromatic nitrogens is 2. The summed E-state index contributed by atoms with van der Waals surface area (Å²) in [7, 11) is 0. The van der Waals surface area contributed by atoms with Crippen LogP contribution in [0.15, 0.2) is 4.52 Å². The average molecular weight is 224 g/mol. The molecule has 2 N–H and O–H groups in total. The monoisotopic (exact) mass is 224 g/mol. The van der Waals surface area contributed by atoms with Gasteiger partial charge in [0.15, 0.2) is 5.82 Å². The van der Waals surface area contributed by atoms with Crippen LogP contribution in [0.2, 0.25) is 0 Å². The highest BCUT2D eigenvalue weighted by atomic mass is 16.5. The predicted octanol–water partition coefficient (Wildman–Crippen LogP) is 0.136. The Kier molecular flexibility index (Phi) is 3.51. The molecule has 0 radical (unpaired) electrons. The molecular weight excluding hydrogens is 208 g/mol. The van der Waals surface area contributed by atoms with Gasteiger partial charge in [0.1, 0.15) is 0 Å². The van der Waals surface area contributed by atoms with E-state index in [0.717, 1.165) is 25.8 Å². The van der Waals surface area contributed by atoms with Gasteiger partial charge in [-0.05, 0) is 26.3 Å². The van der Waals surface area contributed by atoms with Gasteiger partial charge in [0.2, 0.25) is 11.8 Å². The van der Waals surface area contributed by atoms with E-state index in [9.17, 15) is 4.79 Å². The highest BCUT2D eigenvalue weighted by Gasteiger charge is 2.20. The zero-order valence-corrected chi connectivity index (χ0v) is 9.32. The van der Waals surface area contributed by atoms with Gasteiger partial charge < -0.3 is 15.2 Å². The lowest BCUT2D eigenvalue weighted by atomic mass is 10.0. The summed E-state index contributed by atoms with van der Waals surface area (Å²) in [6.45, 7) is 2.97. The molecule has 6 heteroatoms. The molecule has 16 heavy (non-hydrogen) atoms. The molecule has 1 aromatic rings. The smallest absolute Gasteiger partial charge is 0.246 e. The van der Waals surface area contributed by atoms with Gasteiger partial charge >= 0.3 is 0 Å². The highest BCUT2D eigenvalue weighted by Crippen LogP contribution is 2.07. The van der Waals surface area contributed by atoms with Crippen molar-refractivity contribution in [2.45, 2.75) is 38.8 Å². The molecule has 0 bridgehead atoms. The Morgan fingerprint density at radius 2 is 2.50 bits per heavy atom. The summed E-state index contributed by atoms with van der Waals surface area (Å²) in [6.07, 6.45) is 3.14. The van der Waals surface area contributed by atoms with E-state index in [1.807, 2.05) is 0 Å². The summed E-state index contributed by atoms with van der Waals surface area (Å²) in [6, 6.07) is -0.0715. The van der Waals surface area contributed by atoms with Gasteiger partial charge in [0.25, 0.3) is 0 Å². The summed E-state index contributed by atoms with van der Waals surface area (Å²) in [5, 5.41) is 9.62. The molecule has 2 heterocycles. The highest BCUT2D eigenvalue weighted by molar-refractivity contribution is 5.81. The Morgan fingerprint density at radius 3 is 3.12 bits per heavy atom. The largest absolute Gasteiger partial charge is 0.346 e. The number of carbonyl (C=O) groups excluding carboxylic acids is 1. The number of amides is 1. The van der Waals surface area contributed by atoms with Crippen LogP contribution in [0.5, 0.6) is 0 Å². The van der Waals surface area contributed by atoms with Crippen LogP contribution in [0.1, 0.15) is 31.0 Å². The topological polar surface area (TPSA) is 80.0 Å². The third-order valence-electron chi connectivity index (χ3n) is 2.61. The van der Waals surface area contributed by atoms with Crippen molar-refractivity contribution < 1.29 is 9.32 Å². The average Bonchev–Trinajstić information content (AvgIpc) is 2.73. The van der Waals surface area contributed by atoms with Gasteiger partial charge in [-0.15, -0.1) is 0 Å². The molecule has 1 unspecified atom stereocenters. The van der Waals surface area contributed by atoms with Crippen molar-refractivity contribution in [2.75, 3.05) is 6.54 Å². The fraction of sp³-hybridized carbons (Fsp3) is 0.700. The number of carbonyl (C=O) groups is 1. The number of aryl methyl sites for hydroxylation is 1. The first-order chi connectivity index (χ1) is 7.75. The van der Waals surface area contributed by atoms with Crippen LogP contribution in [0, 0.1) is 6.92 Å². The van der Waals surface area contributed by atoms with Crippen LogP contribution in [0.25, 0.3) is 0 Å². The lowest BCUT2D eigenvalue weighted by Crippen LogP contribution is -2.46. The minimum absolute atomic E-state index is 0.00977. The summed E-state index contributed by atoms with van der Waals surface area (Å²) >= 11 is 0. The van der Waals surface area contributed by atoms with Crippen molar-refractivity contribution in [3.05, 3.63) is 11.7 Å². The Balaban J connectivity index is 1.78. The van der Waals surface area contributed by atoms with Gasteiger partial charge in [-0.2, -0.15) is 4.98 Å². The zero-order valence-electron chi connectivity index (χ0n) is 9.32. The van der Waals surface area contributed by atoms with Crippen LogP contribution < -0.4 is 10.6 Å². The Morgan fingerprint density at radius 1 is 1.62 bits per heavy atom. The molecule has 6 nitrogen and oxygen atoms in total. The Labute approximate surface area is 93.8 Å². The molecule has 1 amide bonds. The number of rotatable bonds is 3. The molecule has 1 saturated heterocycles. The second-order valence-electron chi connectivity index (χ2n) is 3.96. The van der Waals surface area contributed by atoms with Crippen molar-refractivity contribution in [1.82, 2.24) is 20.8 Å². The summed E-state index contributed by atoms with van der Waals surface area (Å²) in [5.41, 5.74) is 0. The van der Waals surface area contributed by atoms with Gasteiger partial charge in [0.05, 0.1) is 12.6 Å². The first-order valence-electron chi connectivity index (χ1n) is 5.56. The van der Waals surface area contributed by atoms with Crippen molar-refractivity contribution in [3.63, 3.8) is 0 Å². The van der Waals surface area contributed by atoms with Crippen LogP contribution in [0.4, 0.5) is 0 Å². The molecule has 88 valence electrons. The molecular formula is C10H16N4O2. The third kappa shape index (κ3) is 2.79. The molecule has 0 aromatic carbocycles. The summed E-state index contributed by atoms with van der Waals surface area (Å²) in [4.78, 5) is 15.7. The first kappa shape index (κ1) is 11.1. The second kappa shape index (κ2) is 5.07. The van der Waals surface area contributed by atoms with E-state index in [2.05, 4.69) is 20.8 Å². The molecule has 0 aliphatic carbocycles. The molecule has 0 spiro atoms. The fourth-order valence-corrected chi connectivity index (χ4v) is 1.77. The lowest BCUT2D eigenvalue weighted by molar-refractivity contribution is -0.123. The maximum Gasteiger partial charge on any atom is 0.246 e. The number of piperidine rings is 1. The minimum atomic E-state index is -0.0715. The number of hydrogen-bond donors (Lipinski definition) is 2. The quantitative estimate of drug-likeness (QED) is 0.763. The van der Waals surface area contributed by atoms with Crippen molar-refractivity contribution in [1.29, 1.82) is 0 Å². The number of nitrogens with zero attached hydrogens (tertiary/aromatic N) is 2. The standard InChI is InChI=1S/C10H16N4O2/c1-7-13-9(16-14-7)6-12-10(15)8-4-2-3-5-11-8/h8,11H,2-6H2,1H3,(H,12,15). The van der Waals surface area contributed by atoms with Crippen molar-refractivity contribution >= 4 is 5.91 Å². The Hall–Kier alpha value is -1.43. The summed E-state index contributed by atoms with van der Waals surface area (Å²) in [5.74, 6) is 1.04. The van der Waals surface area contributed by atoms with E-state index in [4.69, 9.17) is 4.52 Å². The number of nitrogens with one attached hydrogen (secondary N) is 2. The molecule has 2 rings (SSSR count). The van der Waals surface area contributed by atoms with E-state index in [1.54, 1.807) is 6.92 Å². The van der Waals surface area contributed by atoms with Gasteiger partial charge in [0, 0.05) is 0 Å². The fourth-order valence-electron chi connectivity index (χ4n) is 1.77. The van der Waals surface area contributed by atoms with Crippen LogP contribution in [0.3, 0.4) is 0 Å². The van der Waals surface area contributed by atoms with E-state index in [1.165, 1.54) is 0 Å². The van der Waals surface area contributed by atoms with E-state index < -0.39 is 0 Å². The second-order valence-corrected chi connectivity index (χ2v) is 3.96. The van der Waals surface area contributed by atoms with Gasteiger partial charge in [-0.3, -0.25) is 4.79 Å². The minimum Gasteiger partial charge on any atom is -0.346 e. The number of hydrogen-bond acceptors (Lipinski definition) is 5. The maximum absolute atomic E-state index is 11.7. The van der Waals surface area contributed by atoms with Crippen LogP contribution >= 0.6 is 0 Å². The molecule has 1 aromatic heterocycles. The molecule has 1 atom stereocenters. The Bertz CT molecular complexity index is 357. The van der Waals surface area contributed by atoms with E-state index >= 15 is 0 Å². The molecule has 1 aliphatic heterocycles. The predicted molar refractivity (Wildman–Crippen MR) is 56.5 cm³/mol. The van der Waals surface area contributed by atoms with Gasteiger partial charge in [-0.25, -0.2) is 0 Å². The first-order valence-corrected chi connectivity index (χ1v) is 5.56. The van der Waals surface area contributed by atoms with Crippen LogP contribution in [-0.2, 0) is 11.3 Å². The van der Waals surface area contributed by atoms with Crippen molar-refractivity contribution in [3.8, 4) is 0 Å². The molecule has 1 aliphatic rings. The normalized spacial score (nSPS) is 20.7. The van der Waals surface area contributed by atoms with E-state index in [0.29, 0.717) is 18.3 Å². The van der Waals surface area contributed by atoms with Gasteiger partial charge in [-0.1, -0.05) is 11.6 Å².